The summed E-state index contributed by atoms with van der Waals surface area (Å²) in [6.07, 6.45) is 2.86. The Morgan fingerprint density at radius 2 is 2.00 bits per heavy atom. The quantitative estimate of drug-likeness (QED) is 0.884. The minimum atomic E-state index is -0.310. The number of hydrogen-bond acceptors (Lipinski definition) is 2. The van der Waals surface area contributed by atoms with Gasteiger partial charge in [0.25, 0.3) is 0 Å². The lowest BCUT2D eigenvalue weighted by Gasteiger charge is -2.18. The van der Waals surface area contributed by atoms with Crippen LogP contribution in [-0.4, -0.2) is 29.9 Å². The van der Waals surface area contributed by atoms with Gasteiger partial charge in [0.2, 0.25) is 5.91 Å². The molecule has 1 aliphatic rings. The zero-order valence-corrected chi connectivity index (χ0v) is 10.4. The van der Waals surface area contributed by atoms with E-state index in [9.17, 15) is 9.18 Å². The van der Waals surface area contributed by atoms with Crippen LogP contribution in [0.2, 0.25) is 0 Å². The van der Waals surface area contributed by atoms with Crippen LogP contribution in [0.4, 0.5) is 4.39 Å². The number of hydrogen-bond donors (Lipinski definition) is 1. The Balaban J connectivity index is 1.86. The lowest BCUT2D eigenvalue weighted by Crippen LogP contribution is -2.35. The SMILES string of the molecule is N[C@@H](CC(=O)N1CCCC1)Cc1ccccc1F. The van der Waals surface area contributed by atoms with Crippen LogP contribution < -0.4 is 5.73 Å². The predicted molar refractivity (Wildman–Crippen MR) is 68.5 cm³/mol. The Labute approximate surface area is 107 Å². The summed E-state index contributed by atoms with van der Waals surface area (Å²) in [5.41, 5.74) is 6.51. The molecule has 0 bridgehead atoms. The summed E-state index contributed by atoms with van der Waals surface area (Å²) in [6.45, 7) is 1.68. The lowest BCUT2D eigenvalue weighted by atomic mass is 10.0. The van der Waals surface area contributed by atoms with Gasteiger partial charge < -0.3 is 10.6 Å². The average molecular weight is 250 g/mol. The highest BCUT2D eigenvalue weighted by Gasteiger charge is 2.20. The van der Waals surface area contributed by atoms with Gasteiger partial charge in [-0.3, -0.25) is 4.79 Å². The van der Waals surface area contributed by atoms with Gasteiger partial charge in [0.05, 0.1) is 0 Å². The maximum absolute atomic E-state index is 13.4. The van der Waals surface area contributed by atoms with Gasteiger partial charge in [-0.05, 0) is 30.9 Å². The number of amides is 1. The first-order chi connectivity index (χ1) is 8.66. The van der Waals surface area contributed by atoms with Crippen LogP contribution in [-0.2, 0) is 11.2 Å². The third-order valence-electron chi connectivity index (χ3n) is 3.34. The Kier molecular flexibility index (Phi) is 4.31. The lowest BCUT2D eigenvalue weighted by molar-refractivity contribution is -0.130. The fourth-order valence-corrected chi connectivity index (χ4v) is 2.34. The van der Waals surface area contributed by atoms with Crippen LogP contribution in [0, 0.1) is 5.82 Å². The summed E-state index contributed by atoms with van der Waals surface area (Å²) in [6, 6.07) is 6.27. The molecule has 1 amide bonds. The number of rotatable bonds is 4. The van der Waals surface area contributed by atoms with Gasteiger partial charge in [-0.2, -0.15) is 0 Å². The Hall–Kier alpha value is -1.42. The molecule has 98 valence electrons. The first-order valence-electron chi connectivity index (χ1n) is 6.43. The molecule has 0 radical (unpaired) electrons. The summed E-state index contributed by atoms with van der Waals surface area (Å²) in [4.78, 5) is 13.7. The predicted octanol–water partition coefficient (Wildman–Crippen LogP) is 1.71. The topological polar surface area (TPSA) is 46.3 Å². The van der Waals surface area contributed by atoms with Crippen molar-refractivity contribution in [1.29, 1.82) is 0 Å². The van der Waals surface area contributed by atoms with Gasteiger partial charge in [-0.15, -0.1) is 0 Å². The molecule has 1 heterocycles. The average Bonchev–Trinajstić information content (AvgIpc) is 2.85. The molecule has 2 rings (SSSR count). The summed E-state index contributed by atoms with van der Waals surface area (Å²) in [5, 5.41) is 0. The minimum Gasteiger partial charge on any atom is -0.343 e. The van der Waals surface area contributed by atoms with E-state index >= 15 is 0 Å². The van der Waals surface area contributed by atoms with Gasteiger partial charge in [0.15, 0.2) is 0 Å². The molecule has 3 nitrogen and oxygen atoms in total. The molecule has 18 heavy (non-hydrogen) atoms. The van der Waals surface area contributed by atoms with E-state index in [1.165, 1.54) is 6.07 Å². The van der Waals surface area contributed by atoms with Crippen LogP contribution in [0.5, 0.6) is 0 Å². The first-order valence-corrected chi connectivity index (χ1v) is 6.43. The van der Waals surface area contributed by atoms with Gasteiger partial charge in [0.1, 0.15) is 5.82 Å². The van der Waals surface area contributed by atoms with Crippen molar-refractivity contribution in [3.8, 4) is 0 Å². The molecule has 0 aromatic heterocycles. The number of carbonyl (C=O) groups is 1. The van der Waals surface area contributed by atoms with E-state index < -0.39 is 0 Å². The van der Waals surface area contributed by atoms with Gasteiger partial charge in [-0.1, -0.05) is 18.2 Å². The van der Waals surface area contributed by atoms with Crippen LogP contribution in [0.3, 0.4) is 0 Å². The van der Waals surface area contributed by atoms with Crippen molar-refractivity contribution in [3.05, 3.63) is 35.6 Å². The molecule has 0 spiro atoms. The number of halogens is 1. The normalized spacial score (nSPS) is 16.9. The molecule has 1 saturated heterocycles. The summed E-state index contributed by atoms with van der Waals surface area (Å²) in [7, 11) is 0. The number of nitrogens with zero attached hydrogens (tertiary/aromatic N) is 1. The van der Waals surface area contributed by atoms with E-state index in [0.717, 1.165) is 25.9 Å². The summed E-state index contributed by atoms with van der Waals surface area (Å²) < 4.78 is 13.4. The molecule has 4 heteroatoms. The zero-order chi connectivity index (χ0) is 13.0. The Morgan fingerprint density at radius 1 is 1.33 bits per heavy atom. The van der Waals surface area contributed by atoms with Crippen molar-refractivity contribution in [2.75, 3.05) is 13.1 Å². The van der Waals surface area contributed by atoms with E-state index in [0.29, 0.717) is 18.4 Å². The number of carbonyl (C=O) groups excluding carboxylic acids is 1. The third-order valence-corrected chi connectivity index (χ3v) is 3.34. The van der Waals surface area contributed by atoms with Crippen molar-refractivity contribution in [2.24, 2.45) is 5.73 Å². The van der Waals surface area contributed by atoms with Crippen LogP contribution in [0.25, 0.3) is 0 Å². The van der Waals surface area contributed by atoms with Crippen molar-refractivity contribution in [1.82, 2.24) is 4.90 Å². The van der Waals surface area contributed by atoms with E-state index in [1.807, 2.05) is 4.90 Å². The maximum Gasteiger partial charge on any atom is 0.224 e. The molecular weight excluding hydrogens is 231 g/mol. The summed E-state index contributed by atoms with van der Waals surface area (Å²) in [5.74, 6) is -0.155. The number of benzene rings is 1. The highest BCUT2D eigenvalue weighted by molar-refractivity contribution is 5.77. The van der Waals surface area contributed by atoms with E-state index in [1.54, 1.807) is 18.2 Å². The second-order valence-corrected chi connectivity index (χ2v) is 4.85. The van der Waals surface area contributed by atoms with Gasteiger partial charge in [-0.25, -0.2) is 4.39 Å². The van der Waals surface area contributed by atoms with Crippen molar-refractivity contribution >= 4 is 5.91 Å². The molecule has 1 aliphatic heterocycles. The highest BCUT2D eigenvalue weighted by Crippen LogP contribution is 2.13. The number of nitrogens with two attached hydrogens (primary N) is 1. The molecule has 2 N–H and O–H groups in total. The fourth-order valence-electron chi connectivity index (χ4n) is 2.34. The molecular formula is C14H19FN2O. The zero-order valence-electron chi connectivity index (χ0n) is 10.4. The van der Waals surface area contributed by atoms with Crippen LogP contribution in [0.15, 0.2) is 24.3 Å². The van der Waals surface area contributed by atoms with Crippen molar-refractivity contribution in [2.45, 2.75) is 31.7 Å². The summed E-state index contributed by atoms with van der Waals surface area (Å²) >= 11 is 0. The Morgan fingerprint density at radius 3 is 2.67 bits per heavy atom. The van der Waals surface area contributed by atoms with Crippen molar-refractivity contribution in [3.63, 3.8) is 0 Å². The monoisotopic (exact) mass is 250 g/mol. The molecule has 0 saturated carbocycles. The standard InChI is InChI=1S/C14H19FN2O/c15-13-6-2-1-5-11(13)9-12(16)10-14(18)17-7-3-4-8-17/h1-2,5-6,12H,3-4,7-10,16H2/t12-/m1/s1. The maximum atomic E-state index is 13.4. The second-order valence-electron chi connectivity index (χ2n) is 4.85. The fraction of sp³-hybridized carbons (Fsp3) is 0.500. The second kappa shape index (κ2) is 5.96. The first kappa shape index (κ1) is 13.0. The van der Waals surface area contributed by atoms with E-state index in [-0.39, 0.29) is 17.8 Å². The third kappa shape index (κ3) is 3.29. The molecule has 1 fully saturated rings. The Bertz CT molecular complexity index is 416. The van der Waals surface area contributed by atoms with Crippen molar-refractivity contribution < 1.29 is 9.18 Å². The van der Waals surface area contributed by atoms with E-state index in [2.05, 4.69) is 0 Å². The number of likely N-dealkylation sites (tertiary alicyclic amines) is 1. The molecule has 1 aromatic carbocycles. The van der Waals surface area contributed by atoms with Gasteiger partial charge >= 0.3 is 0 Å². The molecule has 0 aliphatic carbocycles. The highest BCUT2D eigenvalue weighted by atomic mass is 19.1. The largest absolute Gasteiger partial charge is 0.343 e. The van der Waals surface area contributed by atoms with Gasteiger partial charge in [0, 0.05) is 25.6 Å². The molecule has 0 unspecified atom stereocenters. The smallest absolute Gasteiger partial charge is 0.224 e. The molecule has 1 atom stereocenters. The molecule has 1 aromatic rings. The van der Waals surface area contributed by atoms with Crippen LogP contribution in [0.1, 0.15) is 24.8 Å². The van der Waals surface area contributed by atoms with Crippen LogP contribution >= 0.6 is 0 Å². The van der Waals surface area contributed by atoms with E-state index in [4.69, 9.17) is 5.73 Å². The minimum absolute atomic E-state index is 0.0938.